The SMILES string of the molecule is C[C@@H]1Cc2cc(/C(O)=C3\C(=O)C(=O)N(Cc4cccnc4)[C@H]3c3ccc(N(C)C)cc3)ccc2O1. The molecule has 2 atom stereocenters. The normalized spacial score (nSPS) is 20.6. The van der Waals surface area contributed by atoms with E-state index in [1.165, 1.54) is 4.90 Å². The Morgan fingerprint density at radius 2 is 1.91 bits per heavy atom. The molecule has 1 aromatic heterocycles. The van der Waals surface area contributed by atoms with Gasteiger partial charge in [-0.1, -0.05) is 18.2 Å². The third kappa shape index (κ3) is 4.14. The molecule has 1 amide bonds. The molecule has 35 heavy (non-hydrogen) atoms. The van der Waals surface area contributed by atoms with Gasteiger partial charge in [-0.2, -0.15) is 0 Å². The Bertz CT molecular complexity index is 1320. The van der Waals surface area contributed by atoms with Crippen molar-refractivity contribution in [3.63, 3.8) is 0 Å². The van der Waals surface area contributed by atoms with Crippen LogP contribution < -0.4 is 9.64 Å². The Morgan fingerprint density at radius 3 is 2.60 bits per heavy atom. The van der Waals surface area contributed by atoms with Crippen molar-refractivity contribution in [2.75, 3.05) is 19.0 Å². The van der Waals surface area contributed by atoms with Gasteiger partial charge < -0.3 is 19.6 Å². The summed E-state index contributed by atoms with van der Waals surface area (Å²) in [6, 6.07) is 16.0. The van der Waals surface area contributed by atoms with Crippen LogP contribution >= 0.6 is 0 Å². The van der Waals surface area contributed by atoms with Gasteiger partial charge in [-0.3, -0.25) is 14.6 Å². The van der Waals surface area contributed by atoms with Crippen LogP contribution in [0, 0.1) is 0 Å². The number of aromatic nitrogens is 1. The predicted octanol–water partition coefficient (Wildman–Crippen LogP) is 4.09. The number of hydrogen-bond acceptors (Lipinski definition) is 6. The number of carbonyl (C=O) groups is 2. The van der Waals surface area contributed by atoms with E-state index in [4.69, 9.17) is 4.74 Å². The molecule has 7 heteroatoms. The van der Waals surface area contributed by atoms with E-state index in [-0.39, 0.29) is 24.0 Å². The molecule has 1 fully saturated rings. The number of anilines is 1. The van der Waals surface area contributed by atoms with Gasteiger partial charge in [-0.05, 0) is 60.0 Å². The number of aliphatic hydroxyl groups excluding tert-OH is 1. The molecule has 0 unspecified atom stereocenters. The lowest BCUT2D eigenvalue weighted by molar-refractivity contribution is -0.140. The van der Waals surface area contributed by atoms with Crippen molar-refractivity contribution in [1.82, 2.24) is 9.88 Å². The van der Waals surface area contributed by atoms with Crippen LogP contribution in [0.2, 0.25) is 0 Å². The smallest absolute Gasteiger partial charge is 0.295 e. The average molecular weight is 470 g/mol. The summed E-state index contributed by atoms with van der Waals surface area (Å²) in [6.45, 7) is 2.19. The van der Waals surface area contributed by atoms with Gasteiger partial charge in [-0.25, -0.2) is 0 Å². The second-order valence-electron chi connectivity index (χ2n) is 9.23. The number of hydrogen-bond donors (Lipinski definition) is 1. The van der Waals surface area contributed by atoms with E-state index in [1.54, 1.807) is 30.6 Å². The van der Waals surface area contributed by atoms with Crippen LogP contribution in [0.4, 0.5) is 5.69 Å². The maximum atomic E-state index is 13.3. The Kier molecular flexibility index (Phi) is 5.76. The van der Waals surface area contributed by atoms with Crippen LogP contribution in [0.5, 0.6) is 5.75 Å². The number of carbonyl (C=O) groups excluding carboxylic acids is 2. The predicted molar refractivity (Wildman–Crippen MR) is 133 cm³/mol. The molecule has 5 rings (SSSR count). The van der Waals surface area contributed by atoms with Crippen LogP contribution in [0.25, 0.3) is 5.76 Å². The fraction of sp³-hybridized carbons (Fsp3) is 0.250. The highest BCUT2D eigenvalue weighted by Gasteiger charge is 2.46. The fourth-order valence-electron chi connectivity index (χ4n) is 4.76. The number of pyridine rings is 1. The Balaban J connectivity index is 1.62. The van der Waals surface area contributed by atoms with Gasteiger partial charge >= 0.3 is 0 Å². The van der Waals surface area contributed by atoms with E-state index in [2.05, 4.69) is 4.98 Å². The number of likely N-dealkylation sites (tertiary alicyclic amines) is 1. The van der Waals surface area contributed by atoms with Gasteiger partial charge in [0.2, 0.25) is 0 Å². The number of benzene rings is 2. The van der Waals surface area contributed by atoms with Gasteiger partial charge in [0.05, 0.1) is 11.6 Å². The quantitative estimate of drug-likeness (QED) is 0.344. The summed E-state index contributed by atoms with van der Waals surface area (Å²) in [5.41, 5.74) is 4.09. The van der Waals surface area contributed by atoms with Crippen molar-refractivity contribution < 1.29 is 19.4 Å². The van der Waals surface area contributed by atoms with E-state index in [9.17, 15) is 14.7 Å². The first kappa shape index (κ1) is 22.7. The summed E-state index contributed by atoms with van der Waals surface area (Å²) < 4.78 is 5.77. The van der Waals surface area contributed by atoms with Crippen LogP contribution in [0.15, 0.2) is 72.6 Å². The molecule has 0 bridgehead atoms. The minimum atomic E-state index is -0.727. The largest absolute Gasteiger partial charge is 0.507 e. The molecule has 1 saturated heterocycles. The third-order valence-corrected chi connectivity index (χ3v) is 6.51. The molecule has 0 spiro atoms. The molecule has 1 N–H and O–H groups in total. The van der Waals surface area contributed by atoms with Crippen molar-refractivity contribution in [2.24, 2.45) is 0 Å². The van der Waals surface area contributed by atoms with E-state index in [0.717, 1.165) is 34.5 Å². The third-order valence-electron chi connectivity index (χ3n) is 6.51. The summed E-state index contributed by atoms with van der Waals surface area (Å²) in [7, 11) is 3.89. The van der Waals surface area contributed by atoms with Gasteiger partial charge in [0.15, 0.2) is 0 Å². The first-order chi connectivity index (χ1) is 16.8. The first-order valence-corrected chi connectivity index (χ1v) is 11.6. The van der Waals surface area contributed by atoms with Gasteiger partial charge in [0.1, 0.15) is 17.6 Å². The highest BCUT2D eigenvalue weighted by Crippen LogP contribution is 2.41. The van der Waals surface area contributed by atoms with Crippen LogP contribution in [-0.4, -0.2) is 46.9 Å². The molecule has 0 saturated carbocycles. The monoisotopic (exact) mass is 469 g/mol. The minimum Gasteiger partial charge on any atom is -0.507 e. The lowest BCUT2D eigenvalue weighted by Crippen LogP contribution is -2.29. The van der Waals surface area contributed by atoms with E-state index >= 15 is 0 Å². The summed E-state index contributed by atoms with van der Waals surface area (Å²) in [5.74, 6) is -0.739. The van der Waals surface area contributed by atoms with Crippen molar-refractivity contribution in [3.8, 4) is 5.75 Å². The standard InChI is InChI=1S/C28H27N3O4/c1-17-13-21-14-20(8-11-23(21)35-17)26(32)24-25(19-6-9-22(10-7-19)30(2)3)31(28(34)27(24)33)16-18-5-4-12-29-15-18/h4-12,14-15,17,25,32H,13,16H2,1-3H3/b26-24+/t17-,25+/m1/s1. The number of fused-ring (bicyclic) bond motifs is 1. The molecule has 0 aliphatic carbocycles. The van der Waals surface area contributed by atoms with Gasteiger partial charge in [0.25, 0.3) is 11.7 Å². The summed E-state index contributed by atoms with van der Waals surface area (Å²) in [5, 5.41) is 11.4. The Hall–Kier alpha value is -4.13. The number of amides is 1. The van der Waals surface area contributed by atoms with E-state index in [0.29, 0.717) is 5.56 Å². The second-order valence-corrected chi connectivity index (χ2v) is 9.23. The van der Waals surface area contributed by atoms with Crippen molar-refractivity contribution in [3.05, 3.63) is 94.8 Å². The molecule has 3 aromatic rings. The number of aliphatic hydroxyl groups is 1. The summed E-state index contributed by atoms with van der Waals surface area (Å²) in [4.78, 5) is 34.2. The second kappa shape index (κ2) is 8.91. The van der Waals surface area contributed by atoms with Gasteiger partial charge in [-0.15, -0.1) is 0 Å². The molecular formula is C28H27N3O4. The number of ketones is 1. The van der Waals surface area contributed by atoms with Crippen molar-refractivity contribution in [1.29, 1.82) is 0 Å². The number of Topliss-reactive ketones (excluding diaryl/α,β-unsaturated/α-hetero) is 1. The molecule has 3 heterocycles. The zero-order valence-corrected chi connectivity index (χ0v) is 19.9. The lowest BCUT2D eigenvalue weighted by Gasteiger charge is -2.26. The highest BCUT2D eigenvalue weighted by molar-refractivity contribution is 6.46. The van der Waals surface area contributed by atoms with E-state index < -0.39 is 17.7 Å². The van der Waals surface area contributed by atoms with Crippen LogP contribution in [-0.2, 0) is 22.6 Å². The number of nitrogens with zero attached hydrogens (tertiary/aromatic N) is 3. The molecule has 2 aromatic carbocycles. The highest BCUT2D eigenvalue weighted by atomic mass is 16.5. The number of rotatable bonds is 5. The zero-order valence-electron chi connectivity index (χ0n) is 19.9. The minimum absolute atomic E-state index is 0.0580. The fourth-order valence-corrected chi connectivity index (χ4v) is 4.76. The lowest BCUT2D eigenvalue weighted by atomic mass is 9.94. The average Bonchev–Trinajstić information content (AvgIpc) is 3.35. The summed E-state index contributed by atoms with van der Waals surface area (Å²) in [6.07, 6.45) is 4.12. The van der Waals surface area contributed by atoms with Crippen molar-refractivity contribution >= 4 is 23.1 Å². The molecule has 2 aliphatic rings. The first-order valence-electron chi connectivity index (χ1n) is 11.6. The van der Waals surface area contributed by atoms with Crippen LogP contribution in [0.1, 0.15) is 35.2 Å². The molecule has 0 radical (unpaired) electrons. The molecule has 7 nitrogen and oxygen atoms in total. The molecule has 178 valence electrons. The van der Waals surface area contributed by atoms with Gasteiger partial charge in [0, 0.05) is 50.7 Å². The molecule has 2 aliphatic heterocycles. The topological polar surface area (TPSA) is 83.0 Å². The van der Waals surface area contributed by atoms with Crippen LogP contribution in [0.3, 0.4) is 0 Å². The van der Waals surface area contributed by atoms with E-state index in [1.807, 2.05) is 62.3 Å². The maximum Gasteiger partial charge on any atom is 0.295 e. The Labute approximate surface area is 204 Å². The number of ether oxygens (including phenoxy) is 1. The molecular weight excluding hydrogens is 442 g/mol. The maximum absolute atomic E-state index is 13.3. The zero-order chi connectivity index (χ0) is 24.7. The summed E-state index contributed by atoms with van der Waals surface area (Å²) >= 11 is 0. The van der Waals surface area contributed by atoms with Crippen molar-refractivity contribution in [2.45, 2.75) is 32.0 Å². The Morgan fingerprint density at radius 1 is 1.14 bits per heavy atom.